The lowest BCUT2D eigenvalue weighted by atomic mass is 10.00. The summed E-state index contributed by atoms with van der Waals surface area (Å²) in [5.41, 5.74) is 4.16. The van der Waals surface area contributed by atoms with Crippen molar-refractivity contribution in [1.82, 2.24) is 10.3 Å². The van der Waals surface area contributed by atoms with Gasteiger partial charge in [-0.15, -0.1) is 11.3 Å². The fourth-order valence-electron chi connectivity index (χ4n) is 4.37. The van der Waals surface area contributed by atoms with Crippen LogP contribution in [0.1, 0.15) is 55.9 Å². The maximum atomic E-state index is 14.1. The van der Waals surface area contributed by atoms with Crippen molar-refractivity contribution in [3.63, 3.8) is 0 Å². The smallest absolute Gasteiger partial charge is 0.271 e. The third-order valence-corrected chi connectivity index (χ3v) is 7.36. The Hall–Kier alpha value is -3.03. The fraction of sp³-hybridized carbons (Fsp3) is 0.370. The molecule has 0 spiro atoms. The van der Waals surface area contributed by atoms with Crippen molar-refractivity contribution in [2.75, 3.05) is 18.1 Å². The zero-order chi connectivity index (χ0) is 24.2. The standard InChI is InChI=1S/C27H31N3O3S/c1-17-10-8-14-23(18(17)2)30(27(32)25-19(3)29-20(4)34-25)24(21-11-6-5-7-12-21)26(31)28-16-22-13-9-15-33-22/h5-8,10-12,14,22,24H,9,13,15-16H2,1-4H3,(H,28,31)/t22-,24+/m0/s1. The second kappa shape index (κ2) is 10.5. The van der Waals surface area contributed by atoms with Crippen LogP contribution in [0, 0.1) is 27.7 Å². The molecule has 0 aliphatic carbocycles. The first kappa shape index (κ1) is 24.1. The molecule has 0 saturated carbocycles. The van der Waals surface area contributed by atoms with Gasteiger partial charge in [-0.1, -0.05) is 42.5 Å². The molecular weight excluding hydrogens is 446 g/mol. The van der Waals surface area contributed by atoms with Gasteiger partial charge >= 0.3 is 0 Å². The van der Waals surface area contributed by atoms with E-state index in [2.05, 4.69) is 10.3 Å². The Morgan fingerprint density at radius 1 is 1.12 bits per heavy atom. The Balaban J connectivity index is 1.81. The average Bonchev–Trinajstić information content (AvgIpc) is 3.47. The Morgan fingerprint density at radius 2 is 1.88 bits per heavy atom. The van der Waals surface area contributed by atoms with Crippen LogP contribution in [0.15, 0.2) is 48.5 Å². The van der Waals surface area contributed by atoms with Crippen LogP contribution in [0.5, 0.6) is 0 Å². The molecule has 4 rings (SSSR count). The van der Waals surface area contributed by atoms with Crippen LogP contribution >= 0.6 is 11.3 Å². The molecule has 2 amide bonds. The Labute approximate surface area is 205 Å². The van der Waals surface area contributed by atoms with Crippen LogP contribution in [0.2, 0.25) is 0 Å². The van der Waals surface area contributed by atoms with Gasteiger partial charge in [0.1, 0.15) is 10.9 Å². The molecule has 1 fully saturated rings. The van der Waals surface area contributed by atoms with Crippen molar-refractivity contribution in [1.29, 1.82) is 0 Å². The lowest BCUT2D eigenvalue weighted by Gasteiger charge is -2.33. The fourth-order valence-corrected chi connectivity index (χ4v) is 5.23. The van der Waals surface area contributed by atoms with E-state index in [1.54, 1.807) is 4.90 Å². The molecule has 7 heteroatoms. The number of ether oxygens (including phenoxy) is 1. The van der Waals surface area contributed by atoms with Crippen molar-refractivity contribution < 1.29 is 14.3 Å². The number of thiazole rings is 1. The summed E-state index contributed by atoms with van der Waals surface area (Å²) in [6.07, 6.45) is 1.94. The lowest BCUT2D eigenvalue weighted by molar-refractivity contribution is -0.123. The molecule has 1 aromatic heterocycles. The van der Waals surface area contributed by atoms with Crippen LogP contribution in [0.25, 0.3) is 0 Å². The minimum absolute atomic E-state index is 0.0108. The van der Waals surface area contributed by atoms with Gasteiger partial charge in [0.05, 0.1) is 16.8 Å². The van der Waals surface area contributed by atoms with Crippen LogP contribution in [0.3, 0.4) is 0 Å². The van der Waals surface area contributed by atoms with E-state index in [1.165, 1.54) is 11.3 Å². The van der Waals surface area contributed by atoms with E-state index in [0.717, 1.165) is 46.8 Å². The largest absolute Gasteiger partial charge is 0.376 e. The summed E-state index contributed by atoms with van der Waals surface area (Å²) in [6.45, 7) is 8.88. The first-order valence-electron chi connectivity index (χ1n) is 11.6. The summed E-state index contributed by atoms with van der Waals surface area (Å²) in [6, 6.07) is 14.5. The topological polar surface area (TPSA) is 71.5 Å². The second-order valence-electron chi connectivity index (χ2n) is 8.74. The minimum atomic E-state index is -0.836. The molecule has 0 unspecified atom stereocenters. The van der Waals surface area contributed by atoms with E-state index in [1.807, 2.05) is 76.2 Å². The van der Waals surface area contributed by atoms with E-state index < -0.39 is 6.04 Å². The minimum Gasteiger partial charge on any atom is -0.376 e. The number of amides is 2. The number of anilines is 1. The van der Waals surface area contributed by atoms with Gasteiger partial charge in [0.25, 0.3) is 5.91 Å². The van der Waals surface area contributed by atoms with Crippen molar-refractivity contribution in [2.45, 2.75) is 52.7 Å². The summed E-state index contributed by atoms with van der Waals surface area (Å²) < 4.78 is 5.70. The van der Waals surface area contributed by atoms with Crippen molar-refractivity contribution in [3.05, 3.63) is 80.8 Å². The summed E-state index contributed by atoms with van der Waals surface area (Å²) in [5, 5.41) is 3.88. The highest BCUT2D eigenvalue weighted by Gasteiger charge is 2.36. The zero-order valence-corrected chi connectivity index (χ0v) is 20.9. The second-order valence-corrected chi connectivity index (χ2v) is 9.94. The number of hydrogen-bond acceptors (Lipinski definition) is 5. The molecule has 0 bridgehead atoms. The number of carbonyl (C=O) groups excluding carboxylic acids is 2. The van der Waals surface area contributed by atoms with E-state index in [0.29, 0.717) is 17.1 Å². The van der Waals surface area contributed by atoms with Gasteiger partial charge in [0.15, 0.2) is 0 Å². The van der Waals surface area contributed by atoms with Gasteiger partial charge in [0, 0.05) is 18.8 Å². The highest BCUT2D eigenvalue weighted by molar-refractivity contribution is 7.13. The van der Waals surface area contributed by atoms with Crippen molar-refractivity contribution >= 4 is 28.8 Å². The van der Waals surface area contributed by atoms with Crippen LogP contribution in [0.4, 0.5) is 5.69 Å². The van der Waals surface area contributed by atoms with E-state index >= 15 is 0 Å². The Bertz CT molecular complexity index is 1170. The molecular formula is C27H31N3O3S. The van der Waals surface area contributed by atoms with E-state index in [9.17, 15) is 9.59 Å². The number of nitrogens with one attached hydrogen (secondary N) is 1. The SMILES string of the molecule is Cc1nc(C)c(C(=O)N(c2cccc(C)c2C)[C@@H](C(=O)NC[C@@H]2CCCO2)c2ccccc2)s1. The van der Waals surface area contributed by atoms with E-state index in [-0.39, 0.29) is 17.9 Å². The third kappa shape index (κ3) is 5.05. The van der Waals surface area contributed by atoms with Crippen molar-refractivity contribution in [2.24, 2.45) is 0 Å². The quantitative estimate of drug-likeness (QED) is 0.516. The molecule has 1 N–H and O–H groups in total. The van der Waals surface area contributed by atoms with E-state index in [4.69, 9.17) is 4.74 Å². The monoisotopic (exact) mass is 477 g/mol. The highest BCUT2D eigenvalue weighted by atomic mass is 32.1. The molecule has 178 valence electrons. The summed E-state index contributed by atoms with van der Waals surface area (Å²) in [7, 11) is 0. The molecule has 2 aromatic carbocycles. The molecule has 0 radical (unpaired) electrons. The predicted octanol–water partition coefficient (Wildman–Crippen LogP) is 5.06. The van der Waals surface area contributed by atoms with Gasteiger partial charge in [-0.05, 0) is 63.3 Å². The summed E-state index contributed by atoms with van der Waals surface area (Å²) in [4.78, 5) is 34.5. The van der Waals surface area contributed by atoms with Crippen LogP contribution < -0.4 is 10.2 Å². The molecule has 2 atom stereocenters. The number of rotatable bonds is 7. The number of aromatic nitrogens is 1. The first-order valence-corrected chi connectivity index (χ1v) is 12.5. The molecule has 1 saturated heterocycles. The molecule has 6 nitrogen and oxygen atoms in total. The van der Waals surface area contributed by atoms with Gasteiger partial charge in [-0.3, -0.25) is 14.5 Å². The molecule has 1 aliphatic rings. The Kier molecular flexibility index (Phi) is 7.44. The lowest BCUT2D eigenvalue weighted by Crippen LogP contribution is -2.46. The van der Waals surface area contributed by atoms with Gasteiger partial charge in [-0.25, -0.2) is 4.98 Å². The van der Waals surface area contributed by atoms with Crippen LogP contribution in [-0.4, -0.2) is 36.1 Å². The number of carbonyl (C=O) groups is 2. The number of aryl methyl sites for hydroxylation is 3. The predicted molar refractivity (Wildman–Crippen MR) is 135 cm³/mol. The molecule has 2 heterocycles. The number of nitrogens with zero attached hydrogens (tertiary/aromatic N) is 2. The number of hydrogen-bond donors (Lipinski definition) is 1. The number of benzene rings is 2. The highest BCUT2D eigenvalue weighted by Crippen LogP contribution is 2.34. The first-order chi connectivity index (χ1) is 16.4. The average molecular weight is 478 g/mol. The van der Waals surface area contributed by atoms with Crippen LogP contribution in [-0.2, 0) is 9.53 Å². The molecule has 34 heavy (non-hydrogen) atoms. The van der Waals surface area contributed by atoms with Crippen molar-refractivity contribution in [3.8, 4) is 0 Å². The zero-order valence-electron chi connectivity index (χ0n) is 20.1. The normalized spacial score (nSPS) is 16.3. The molecule has 1 aliphatic heterocycles. The summed E-state index contributed by atoms with van der Waals surface area (Å²) >= 11 is 1.36. The van der Waals surface area contributed by atoms with Gasteiger partial charge in [-0.2, -0.15) is 0 Å². The van der Waals surface area contributed by atoms with Gasteiger partial charge in [0.2, 0.25) is 5.91 Å². The summed E-state index contributed by atoms with van der Waals surface area (Å²) in [5.74, 6) is -0.451. The third-order valence-electron chi connectivity index (χ3n) is 6.30. The Morgan fingerprint density at radius 3 is 2.53 bits per heavy atom. The maximum absolute atomic E-state index is 14.1. The maximum Gasteiger partial charge on any atom is 0.271 e. The van der Waals surface area contributed by atoms with Gasteiger partial charge < -0.3 is 10.1 Å². The molecule has 3 aromatic rings.